The maximum Gasteiger partial charge on any atom is 0.260 e. The molecule has 0 N–H and O–H groups in total. The van der Waals surface area contributed by atoms with Gasteiger partial charge >= 0.3 is 0 Å². The maximum absolute atomic E-state index is 13.5. The number of fused-ring (bicyclic) bond motifs is 1. The van der Waals surface area contributed by atoms with Crippen LogP contribution in [0.1, 0.15) is 36.7 Å². The van der Waals surface area contributed by atoms with E-state index in [0.717, 1.165) is 46.3 Å². The minimum absolute atomic E-state index is 0.0165. The van der Waals surface area contributed by atoms with Crippen LogP contribution in [-0.4, -0.2) is 48.2 Å². The molecule has 0 fully saturated rings. The molecule has 3 aromatic rings. The number of hydrogen-bond acceptors (Lipinski definition) is 5. The van der Waals surface area contributed by atoms with Gasteiger partial charge in [0.05, 0.1) is 10.2 Å². The smallest absolute Gasteiger partial charge is 0.260 e. The lowest BCUT2D eigenvalue weighted by Gasteiger charge is -2.24. The van der Waals surface area contributed by atoms with Gasteiger partial charge in [-0.25, -0.2) is 4.98 Å². The van der Waals surface area contributed by atoms with E-state index in [-0.39, 0.29) is 5.91 Å². The number of hydrogen-bond donors (Lipinski definition) is 0. The molecule has 0 spiro atoms. The molecular formula is C23H29N3OS2. The predicted octanol–water partition coefficient (Wildman–Crippen LogP) is 5.57. The summed E-state index contributed by atoms with van der Waals surface area (Å²) in [6, 6.07) is 14.2. The molecule has 4 nitrogen and oxygen atoms in total. The van der Waals surface area contributed by atoms with Gasteiger partial charge in [0, 0.05) is 23.5 Å². The van der Waals surface area contributed by atoms with E-state index in [9.17, 15) is 4.79 Å². The highest BCUT2D eigenvalue weighted by atomic mass is 32.2. The summed E-state index contributed by atoms with van der Waals surface area (Å²) in [5.74, 6) is 0.0165. The largest absolute Gasteiger partial charge is 0.302 e. The summed E-state index contributed by atoms with van der Waals surface area (Å²) in [5.41, 5.74) is 2.96. The molecule has 0 aliphatic heterocycles. The van der Waals surface area contributed by atoms with Crippen molar-refractivity contribution < 1.29 is 4.79 Å². The van der Waals surface area contributed by atoms with Gasteiger partial charge in [0.2, 0.25) is 0 Å². The third-order valence-corrected chi connectivity index (χ3v) is 6.94. The van der Waals surface area contributed by atoms with Gasteiger partial charge in [-0.15, -0.1) is 11.8 Å². The fourth-order valence-electron chi connectivity index (χ4n) is 3.27. The summed E-state index contributed by atoms with van der Waals surface area (Å²) in [6.07, 6.45) is 3.02. The first kappa shape index (κ1) is 21.8. The lowest BCUT2D eigenvalue weighted by atomic mass is 10.2. The van der Waals surface area contributed by atoms with Crippen LogP contribution >= 0.6 is 23.1 Å². The zero-order valence-corrected chi connectivity index (χ0v) is 19.3. The Bertz CT molecular complexity index is 966. The second-order valence-electron chi connectivity index (χ2n) is 6.87. The number of likely N-dealkylation sites (N-methyl/N-ethyl adjacent to an activating group) is 1. The summed E-state index contributed by atoms with van der Waals surface area (Å²) in [6.45, 7) is 9.87. The van der Waals surface area contributed by atoms with Crippen LogP contribution in [0.25, 0.3) is 10.2 Å². The molecule has 2 aromatic carbocycles. The molecule has 0 saturated heterocycles. The third-order valence-electron chi connectivity index (χ3n) is 5.18. The normalized spacial score (nSPS) is 11.3. The summed E-state index contributed by atoms with van der Waals surface area (Å²) < 4.78 is 1.14. The zero-order chi connectivity index (χ0) is 20.8. The van der Waals surface area contributed by atoms with E-state index in [1.54, 1.807) is 23.1 Å². The van der Waals surface area contributed by atoms with Gasteiger partial charge in [0.1, 0.15) is 0 Å². The number of aromatic nitrogens is 1. The second kappa shape index (κ2) is 10.2. The Hall–Kier alpha value is -1.89. The Morgan fingerprint density at radius 2 is 1.86 bits per heavy atom. The number of rotatable bonds is 9. The van der Waals surface area contributed by atoms with E-state index in [2.05, 4.69) is 43.9 Å². The average Bonchev–Trinajstić information content (AvgIpc) is 3.19. The highest BCUT2D eigenvalue weighted by Gasteiger charge is 2.22. The van der Waals surface area contributed by atoms with Gasteiger partial charge < -0.3 is 4.90 Å². The van der Waals surface area contributed by atoms with Crippen molar-refractivity contribution >= 4 is 44.4 Å². The fraction of sp³-hybridized carbons (Fsp3) is 0.391. The van der Waals surface area contributed by atoms with Crippen molar-refractivity contribution in [3.8, 4) is 0 Å². The van der Waals surface area contributed by atoms with Crippen molar-refractivity contribution in [2.75, 3.05) is 37.3 Å². The van der Waals surface area contributed by atoms with Crippen molar-refractivity contribution in [3.63, 3.8) is 0 Å². The van der Waals surface area contributed by atoms with Gasteiger partial charge in [-0.05, 0) is 61.7 Å². The van der Waals surface area contributed by atoms with E-state index in [1.807, 2.05) is 35.4 Å². The molecule has 0 aliphatic rings. The molecule has 0 aliphatic carbocycles. The van der Waals surface area contributed by atoms with Crippen LogP contribution in [0, 0.1) is 0 Å². The third kappa shape index (κ3) is 5.18. The lowest BCUT2D eigenvalue weighted by Crippen LogP contribution is -2.38. The van der Waals surface area contributed by atoms with E-state index in [1.165, 1.54) is 5.56 Å². The molecule has 0 unspecified atom stereocenters. The summed E-state index contributed by atoms with van der Waals surface area (Å²) in [4.78, 5) is 23.6. The molecule has 0 radical (unpaired) electrons. The van der Waals surface area contributed by atoms with Crippen LogP contribution in [0.4, 0.5) is 5.13 Å². The van der Waals surface area contributed by atoms with Gasteiger partial charge in [0.25, 0.3) is 5.91 Å². The Balaban J connectivity index is 1.96. The van der Waals surface area contributed by atoms with Crippen molar-refractivity contribution in [1.29, 1.82) is 0 Å². The first-order chi connectivity index (χ1) is 14.1. The van der Waals surface area contributed by atoms with Crippen LogP contribution in [0.2, 0.25) is 0 Å². The highest BCUT2D eigenvalue weighted by Crippen LogP contribution is 2.31. The quantitative estimate of drug-likeness (QED) is 0.418. The first-order valence-corrected chi connectivity index (χ1v) is 12.2. The summed E-state index contributed by atoms with van der Waals surface area (Å²) >= 11 is 3.25. The number of carbonyl (C=O) groups excluding carboxylic acids is 1. The summed E-state index contributed by atoms with van der Waals surface area (Å²) in [7, 11) is 0. The minimum atomic E-state index is 0.0165. The molecule has 6 heteroatoms. The summed E-state index contributed by atoms with van der Waals surface area (Å²) in [5, 5.41) is 0.778. The number of amides is 1. The number of anilines is 1. The van der Waals surface area contributed by atoms with Crippen LogP contribution in [0.3, 0.4) is 0 Å². The lowest BCUT2D eigenvalue weighted by molar-refractivity contribution is 0.0983. The van der Waals surface area contributed by atoms with Crippen molar-refractivity contribution in [1.82, 2.24) is 9.88 Å². The molecule has 1 heterocycles. The second-order valence-corrected chi connectivity index (χ2v) is 8.76. The highest BCUT2D eigenvalue weighted by molar-refractivity contribution is 7.98. The number of thioether (sulfide) groups is 1. The number of carbonyl (C=O) groups is 1. The topological polar surface area (TPSA) is 36.4 Å². The molecule has 0 saturated carbocycles. The SMILES string of the molecule is CCc1ccc2nc(N(CCN(CC)CC)C(=O)c3cccc(SC)c3)sc2c1. The van der Waals surface area contributed by atoms with Gasteiger partial charge in [-0.3, -0.25) is 9.69 Å². The number of aryl methyl sites for hydroxylation is 1. The monoisotopic (exact) mass is 427 g/mol. The van der Waals surface area contributed by atoms with E-state index in [0.29, 0.717) is 12.1 Å². The number of nitrogens with zero attached hydrogens (tertiary/aromatic N) is 3. The first-order valence-electron chi connectivity index (χ1n) is 10.2. The Kier molecular flexibility index (Phi) is 7.70. The molecule has 0 bridgehead atoms. The van der Waals surface area contributed by atoms with E-state index in [4.69, 9.17) is 4.98 Å². The molecule has 29 heavy (non-hydrogen) atoms. The van der Waals surface area contributed by atoms with E-state index >= 15 is 0 Å². The van der Waals surface area contributed by atoms with E-state index < -0.39 is 0 Å². The van der Waals surface area contributed by atoms with Crippen molar-refractivity contribution in [3.05, 3.63) is 53.6 Å². The molecule has 154 valence electrons. The molecule has 1 aromatic heterocycles. The molecular weight excluding hydrogens is 398 g/mol. The molecule has 1 amide bonds. The molecule has 3 rings (SSSR count). The Labute approximate surface area is 181 Å². The van der Waals surface area contributed by atoms with Gasteiger partial charge in [-0.2, -0.15) is 0 Å². The van der Waals surface area contributed by atoms with Crippen LogP contribution in [0.15, 0.2) is 47.4 Å². The Morgan fingerprint density at radius 1 is 1.07 bits per heavy atom. The van der Waals surface area contributed by atoms with Crippen LogP contribution in [0.5, 0.6) is 0 Å². The zero-order valence-electron chi connectivity index (χ0n) is 17.6. The maximum atomic E-state index is 13.5. The minimum Gasteiger partial charge on any atom is -0.302 e. The van der Waals surface area contributed by atoms with Crippen molar-refractivity contribution in [2.45, 2.75) is 32.1 Å². The van der Waals surface area contributed by atoms with Gasteiger partial charge in [-0.1, -0.05) is 44.2 Å². The Morgan fingerprint density at radius 3 is 2.55 bits per heavy atom. The standard InChI is InChI=1S/C23H29N3OS2/c1-5-17-11-12-20-21(15-17)29-23(24-20)26(14-13-25(6-2)7-3)22(27)18-9-8-10-19(16-18)28-4/h8-12,15-16H,5-7,13-14H2,1-4H3. The predicted molar refractivity (Wildman–Crippen MR) is 127 cm³/mol. The average molecular weight is 428 g/mol. The molecule has 0 atom stereocenters. The fourth-order valence-corrected chi connectivity index (χ4v) is 4.78. The van der Waals surface area contributed by atoms with Crippen LogP contribution in [-0.2, 0) is 6.42 Å². The van der Waals surface area contributed by atoms with Crippen molar-refractivity contribution in [2.24, 2.45) is 0 Å². The number of thiazole rings is 1. The van der Waals surface area contributed by atoms with Crippen LogP contribution < -0.4 is 4.90 Å². The van der Waals surface area contributed by atoms with Gasteiger partial charge in [0.15, 0.2) is 5.13 Å². The number of benzene rings is 2.